The van der Waals surface area contributed by atoms with Crippen LogP contribution < -0.4 is 16.4 Å². The number of aromatic nitrogens is 3. The smallest absolute Gasteiger partial charge is 0.248 e. The highest BCUT2D eigenvalue weighted by atomic mass is 16.1. The summed E-state index contributed by atoms with van der Waals surface area (Å²) >= 11 is 0. The molecule has 1 unspecified atom stereocenters. The zero-order valence-electron chi connectivity index (χ0n) is 18.7. The summed E-state index contributed by atoms with van der Waals surface area (Å²) in [6, 6.07) is 10.2. The maximum atomic E-state index is 11.7. The van der Waals surface area contributed by atoms with Gasteiger partial charge in [-0.2, -0.15) is 0 Å². The average molecular weight is 433 g/mol. The summed E-state index contributed by atoms with van der Waals surface area (Å²) in [6.45, 7) is 5.82. The number of imidazole rings is 1. The molecule has 1 aliphatic heterocycles. The van der Waals surface area contributed by atoms with Gasteiger partial charge in [-0.25, -0.2) is 4.98 Å². The Morgan fingerprint density at radius 3 is 2.84 bits per heavy atom. The third kappa shape index (κ3) is 4.27. The topological polar surface area (TPSA) is 97.9 Å². The second kappa shape index (κ2) is 9.00. The Morgan fingerprint density at radius 2 is 2.03 bits per heavy atom. The number of hydrogen-bond donors (Lipinski definition) is 3. The molecule has 5 rings (SSSR count). The fourth-order valence-corrected chi connectivity index (χ4v) is 5.16. The summed E-state index contributed by atoms with van der Waals surface area (Å²) in [5.74, 6) is 1.22. The lowest BCUT2D eigenvalue weighted by atomic mass is 9.91. The van der Waals surface area contributed by atoms with Crippen LogP contribution in [0, 0.1) is 12.8 Å². The van der Waals surface area contributed by atoms with Crippen LogP contribution in [0.15, 0.2) is 30.3 Å². The molecule has 1 atom stereocenters. The highest BCUT2D eigenvalue weighted by Gasteiger charge is 2.23. The van der Waals surface area contributed by atoms with Crippen LogP contribution in [0.1, 0.15) is 64.9 Å². The van der Waals surface area contributed by atoms with Crippen LogP contribution in [0.2, 0.25) is 0 Å². The van der Waals surface area contributed by atoms with Crippen LogP contribution in [0.4, 0.5) is 0 Å². The van der Waals surface area contributed by atoms with Crippen molar-refractivity contribution in [2.24, 2.45) is 11.7 Å². The molecule has 1 saturated heterocycles. The van der Waals surface area contributed by atoms with Gasteiger partial charge >= 0.3 is 0 Å². The minimum atomic E-state index is -0.417. The monoisotopic (exact) mass is 432 g/mol. The fraction of sp³-hybridized carbons (Fsp3) is 0.480. The molecule has 2 aliphatic rings. The first kappa shape index (κ1) is 21.1. The molecule has 4 N–H and O–H groups in total. The van der Waals surface area contributed by atoms with Crippen molar-refractivity contribution in [2.45, 2.75) is 58.2 Å². The molecule has 0 bridgehead atoms. The van der Waals surface area contributed by atoms with E-state index in [1.807, 2.05) is 18.2 Å². The zero-order valence-corrected chi connectivity index (χ0v) is 18.7. The number of fused-ring (bicyclic) bond motifs is 2. The van der Waals surface area contributed by atoms with Crippen LogP contribution in [-0.4, -0.2) is 33.5 Å². The van der Waals surface area contributed by atoms with Gasteiger partial charge in [0.15, 0.2) is 0 Å². The van der Waals surface area contributed by atoms with E-state index in [0.29, 0.717) is 18.0 Å². The van der Waals surface area contributed by atoms with Crippen molar-refractivity contribution in [3.05, 3.63) is 58.7 Å². The lowest BCUT2D eigenvalue weighted by Crippen LogP contribution is -2.31. The molecule has 1 aliphatic carbocycles. The second-order valence-corrected chi connectivity index (χ2v) is 9.22. The number of pyridine rings is 1. The van der Waals surface area contributed by atoms with Crippen molar-refractivity contribution in [2.75, 3.05) is 13.1 Å². The van der Waals surface area contributed by atoms with Gasteiger partial charge in [-0.1, -0.05) is 6.07 Å². The third-order valence-electron chi connectivity index (χ3n) is 6.94. The molecule has 3 heterocycles. The second-order valence-electron chi connectivity index (χ2n) is 9.22. The number of piperidine rings is 1. The van der Waals surface area contributed by atoms with Crippen molar-refractivity contribution in [1.29, 1.82) is 0 Å². The number of amides is 1. The van der Waals surface area contributed by atoms with Gasteiger partial charge in [0.2, 0.25) is 5.91 Å². The molecule has 1 fully saturated rings. The van der Waals surface area contributed by atoms with Crippen molar-refractivity contribution >= 4 is 16.9 Å². The standard InChI is InChI=1S/C25H32N6O/c1-16-5-6-18-3-2-4-20(24(18)29-16)28-14-23-30-21-13-19(25(26)32)7-8-22(21)31(23)15-17-9-11-27-12-10-17/h5-8,13,17,20,27-28H,2-4,9-12,14-15H2,1H3,(H2,26,32). The van der Waals surface area contributed by atoms with Crippen molar-refractivity contribution < 1.29 is 4.79 Å². The molecule has 2 aromatic heterocycles. The lowest BCUT2D eigenvalue weighted by molar-refractivity contribution is 0.100. The SMILES string of the molecule is Cc1ccc2c(n1)C(NCc1nc3cc(C(N)=O)ccc3n1CC1CCNCC1)CCC2. The molecule has 0 radical (unpaired) electrons. The van der Waals surface area contributed by atoms with Gasteiger partial charge in [-0.3, -0.25) is 9.78 Å². The van der Waals surface area contributed by atoms with Gasteiger partial charge in [-0.15, -0.1) is 0 Å². The number of benzene rings is 1. The van der Waals surface area contributed by atoms with Crippen LogP contribution >= 0.6 is 0 Å². The van der Waals surface area contributed by atoms with Crippen molar-refractivity contribution in [3.8, 4) is 0 Å². The Balaban J connectivity index is 1.44. The zero-order chi connectivity index (χ0) is 22.1. The number of nitrogens with one attached hydrogen (secondary N) is 2. The Morgan fingerprint density at radius 1 is 1.19 bits per heavy atom. The highest BCUT2D eigenvalue weighted by Crippen LogP contribution is 2.29. The molecule has 168 valence electrons. The molecular formula is C25H32N6O. The normalized spacial score (nSPS) is 19.2. The summed E-state index contributed by atoms with van der Waals surface area (Å²) in [6.07, 6.45) is 5.70. The van der Waals surface area contributed by atoms with Gasteiger partial charge in [0.05, 0.1) is 29.3 Å². The van der Waals surface area contributed by atoms with E-state index in [-0.39, 0.29) is 6.04 Å². The average Bonchev–Trinajstić information content (AvgIpc) is 3.14. The molecule has 32 heavy (non-hydrogen) atoms. The van der Waals surface area contributed by atoms with Crippen LogP contribution in [0.5, 0.6) is 0 Å². The summed E-state index contributed by atoms with van der Waals surface area (Å²) in [7, 11) is 0. The van der Waals surface area contributed by atoms with Crippen molar-refractivity contribution in [1.82, 2.24) is 25.2 Å². The number of carbonyl (C=O) groups is 1. The van der Waals surface area contributed by atoms with Crippen LogP contribution in [0.25, 0.3) is 11.0 Å². The maximum absolute atomic E-state index is 11.7. The van der Waals surface area contributed by atoms with E-state index in [0.717, 1.165) is 55.0 Å². The first-order chi connectivity index (χ1) is 15.6. The van der Waals surface area contributed by atoms with E-state index in [4.69, 9.17) is 15.7 Å². The Labute approximate surface area is 188 Å². The number of rotatable bonds is 6. The third-order valence-corrected chi connectivity index (χ3v) is 6.94. The summed E-state index contributed by atoms with van der Waals surface area (Å²) in [4.78, 5) is 21.5. The predicted molar refractivity (Wildman–Crippen MR) is 125 cm³/mol. The van der Waals surface area contributed by atoms with E-state index >= 15 is 0 Å². The minimum Gasteiger partial charge on any atom is -0.366 e. The van der Waals surface area contributed by atoms with Crippen LogP contribution in [0.3, 0.4) is 0 Å². The first-order valence-corrected chi connectivity index (χ1v) is 11.8. The van der Waals surface area contributed by atoms with Crippen LogP contribution in [-0.2, 0) is 19.5 Å². The van der Waals surface area contributed by atoms with E-state index in [2.05, 4.69) is 34.3 Å². The molecule has 7 nitrogen and oxygen atoms in total. The molecule has 3 aromatic rings. The predicted octanol–water partition coefficient (Wildman–Crippen LogP) is 3.01. The first-order valence-electron chi connectivity index (χ1n) is 11.8. The minimum absolute atomic E-state index is 0.243. The number of hydrogen-bond acceptors (Lipinski definition) is 5. The van der Waals surface area contributed by atoms with Gasteiger partial charge in [0.1, 0.15) is 5.82 Å². The summed E-state index contributed by atoms with van der Waals surface area (Å²) in [5, 5.41) is 7.20. The number of nitrogens with two attached hydrogens (primary N) is 1. The van der Waals surface area contributed by atoms with Crippen molar-refractivity contribution in [3.63, 3.8) is 0 Å². The lowest BCUT2D eigenvalue weighted by Gasteiger charge is -2.27. The molecule has 0 saturated carbocycles. The van der Waals surface area contributed by atoms with Gasteiger partial charge in [0, 0.05) is 17.8 Å². The molecule has 0 spiro atoms. The fourth-order valence-electron chi connectivity index (χ4n) is 5.16. The Kier molecular flexibility index (Phi) is 5.93. The Bertz CT molecular complexity index is 1130. The Hall–Kier alpha value is -2.77. The van der Waals surface area contributed by atoms with E-state index < -0.39 is 5.91 Å². The summed E-state index contributed by atoms with van der Waals surface area (Å²) < 4.78 is 2.34. The molecule has 1 aromatic carbocycles. The summed E-state index contributed by atoms with van der Waals surface area (Å²) in [5.41, 5.74) is 11.5. The van der Waals surface area contributed by atoms with Gasteiger partial charge in [-0.05, 0) is 87.9 Å². The van der Waals surface area contributed by atoms with Gasteiger partial charge in [0.25, 0.3) is 0 Å². The van der Waals surface area contributed by atoms with E-state index in [1.165, 1.54) is 30.5 Å². The molecular weight excluding hydrogens is 400 g/mol. The van der Waals surface area contributed by atoms with E-state index in [9.17, 15) is 4.79 Å². The number of aryl methyl sites for hydroxylation is 2. The number of carbonyl (C=O) groups excluding carboxylic acids is 1. The largest absolute Gasteiger partial charge is 0.366 e. The quantitative estimate of drug-likeness (QED) is 0.556. The number of nitrogens with zero attached hydrogens (tertiary/aromatic N) is 3. The molecule has 1 amide bonds. The highest BCUT2D eigenvalue weighted by molar-refractivity contribution is 5.96. The van der Waals surface area contributed by atoms with E-state index in [1.54, 1.807) is 0 Å². The van der Waals surface area contributed by atoms with Gasteiger partial charge < -0.3 is 20.9 Å². The number of primary amides is 1. The molecule has 7 heteroatoms. The maximum Gasteiger partial charge on any atom is 0.248 e.